The predicted octanol–water partition coefficient (Wildman–Crippen LogP) is 19.5. The molecule has 12 aromatic rings. The van der Waals surface area contributed by atoms with Crippen molar-refractivity contribution in [2.24, 2.45) is 0 Å². The maximum Gasteiger partial charge on any atom is 0.252 e. The maximum absolute atomic E-state index is 2.84. The molecule has 0 unspecified atom stereocenters. The fraction of sp³-hybridized carbons (Fsp3) is 0.271. The highest BCUT2D eigenvalue weighted by Crippen LogP contribution is 2.63. The highest BCUT2D eigenvalue weighted by Gasteiger charge is 2.56. The van der Waals surface area contributed by atoms with E-state index in [1.165, 1.54) is 155 Å². The van der Waals surface area contributed by atoms with Crippen LogP contribution < -0.4 is 16.4 Å². The van der Waals surface area contributed by atoms with Crippen LogP contribution in [-0.4, -0.2) is 15.8 Å². The van der Waals surface area contributed by atoms with Gasteiger partial charge in [-0.2, -0.15) is 0 Å². The van der Waals surface area contributed by atoms with E-state index in [4.69, 9.17) is 0 Å². The molecule has 0 radical (unpaired) electrons. The van der Waals surface area contributed by atoms with Gasteiger partial charge >= 0.3 is 0 Å². The van der Waals surface area contributed by atoms with Crippen molar-refractivity contribution in [1.82, 2.24) is 9.13 Å². The van der Waals surface area contributed by atoms with Crippen LogP contribution in [0.5, 0.6) is 0 Å². The molecule has 88 heavy (non-hydrogen) atoms. The van der Waals surface area contributed by atoms with Crippen molar-refractivity contribution < 1.29 is 0 Å². The molecule has 10 aromatic carbocycles. The predicted molar refractivity (Wildman–Crippen MR) is 374 cm³/mol. The summed E-state index contributed by atoms with van der Waals surface area (Å²) in [5.74, 6) is 0. The van der Waals surface area contributed by atoms with Crippen LogP contribution in [0.25, 0.3) is 77.6 Å². The minimum Gasteiger partial charge on any atom is -0.310 e. The van der Waals surface area contributed by atoms with Gasteiger partial charge in [0.05, 0.1) is 16.6 Å². The first kappa shape index (κ1) is 53.8. The Hall–Kier alpha value is -8.40. The Kier molecular flexibility index (Phi) is 10.7. The van der Waals surface area contributed by atoms with E-state index in [9.17, 15) is 0 Å². The Balaban J connectivity index is 1.12. The summed E-state index contributed by atoms with van der Waals surface area (Å²) in [7, 11) is 0. The number of nitrogens with zero attached hydrogens (tertiary/aromatic N) is 2. The van der Waals surface area contributed by atoms with Gasteiger partial charge in [0, 0.05) is 55.0 Å². The number of hydrogen-bond donors (Lipinski definition) is 0. The van der Waals surface area contributed by atoms with E-state index in [1.807, 2.05) is 0 Å². The van der Waals surface area contributed by atoms with Crippen LogP contribution in [0.2, 0.25) is 0 Å². The second kappa shape index (κ2) is 17.5. The van der Waals surface area contributed by atoms with Gasteiger partial charge in [0.15, 0.2) is 0 Å². The SMILES string of the molecule is CC(C)(C)c1ccc(-c2c(-c3ccc(C(C)(C)C)cc3)n3c4c(c5c(cc24)C(C)(C)CCC5(C)C)B2c4c-3ccc3c4-n4c5c2cc(C(C)(C)c2ccccc2)cc5c2cc(C(C)(C)c5ccccc5)cc(c24)C32c3ccccc3-c3ccccc32)cc1. The van der Waals surface area contributed by atoms with Crippen LogP contribution in [-0.2, 0) is 37.9 Å². The summed E-state index contributed by atoms with van der Waals surface area (Å²) in [6.07, 6.45) is 2.23. The van der Waals surface area contributed by atoms with Gasteiger partial charge in [-0.25, -0.2) is 0 Å². The zero-order chi connectivity index (χ0) is 60.7. The minimum atomic E-state index is -0.646. The van der Waals surface area contributed by atoms with Crippen LogP contribution in [0.15, 0.2) is 200 Å². The Labute approximate surface area is 521 Å². The van der Waals surface area contributed by atoms with Crippen LogP contribution in [0, 0.1) is 0 Å². The van der Waals surface area contributed by atoms with Gasteiger partial charge in [-0.3, -0.25) is 0 Å². The molecule has 5 aliphatic rings. The molecular weight excluding hydrogens is 1060 g/mol. The monoisotopic (exact) mass is 1140 g/mol. The largest absolute Gasteiger partial charge is 0.310 e. The Morgan fingerprint density at radius 1 is 0.375 bits per heavy atom. The second-order valence-corrected chi connectivity index (χ2v) is 31.5. The third kappa shape index (κ3) is 6.86. The number of benzene rings is 10. The zero-order valence-electron chi connectivity index (χ0n) is 53.9. The topological polar surface area (TPSA) is 9.86 Å². The molecule has 2 aromatic heterocycles. The maximum atomic E-state index is 2.84. The molecule has 0 atom stereocenters. The van der Waals surface area contributed by atoms with Crippen molar-refractivity contribution in [2.45, 2.75) is 148 Å². The van der Waals surface area contributed by atoms with Gasteiger partial charge < -0.3 is 9.13 Å². The van der Waals surface area contributed by atoms with Gasteiger partial charge in [-0.1, -0.05) is 273 Å². The summed E-state index contributed by atoms with van der Waals surface area (Å²) in [5, 5.41) is 4.04. The highest BCUT2D eigenvalue weighted by molar-refractivity contribution is 7.00. The van der Waals surface area contributed by atoms with E-state index in [2.05, 4.69) is 306 Å². The molecule has 2 nitrogen and oxygen atoms in total. The van der Waals surface area contributed by atoms with E-state index in [-0.39, 0.29) is 39.2 Å². The minimum absolute atomic E-state index is 0.00187. The molecule has 3 aliphatic heterocycles. The van der Waals surface area contributed by atoms with Gasteiger partial charge in [0.2, 0.25) is 0 Å². The van der Waals surface area contributed by atoms with Crippen molar-refractivity contribution in [2.75, 3.05) is 0 Å². The lowest BCUT2D eigenvalue weighted by Crippen LogP contribution is -2.63. The quantitative estimate of drug-likeness (QED) is 0.147. The zero-order valence-corrected chi connectivity index (χ0v) is 53.9. The third-order valence-electron chi connectivity index (χ3n) is 22.9. The van der Waals surface area contributed by atoms with E-state index in [1.54, 1.807) is 5.56 Å². The van der Waals surface area contributed by atoms with Crippen LogP contribution in [0.4, 0.5) is 0 Å². The molecule has 1 spiro atoms. The van der Waals surface area contributed by atoms with Crippen molar-refractivity contribution in [3.63, 3.8) is 0 Å². The summed E-state index contributed by atoms with van der Waals surface area (Å²) in [5.41, 5.74) is 33.9. The summed E-state index contributed by atoms with van der Waals surface area (Å²) in [6, 6.07) is 79.6. The van der Waals surface area contributed by atoms with Gasteiger partial charge in [-0.05, 0) is 164 Å². The Morgan fingerprint density at radius 2 is 0.886 bits per heavy atom. The summed E-state index contributed by atoms with van der Waals surface area (Å²) in [4.78, 5) is 0. The van der Waals surface area contributed by atoms with Crippen molar-refractivity contribution in [3.8, 4) is 44.9 Å². The van der Waals surface area contributed by atoms with Crippen LogP contribution in [0.3, 0.4) is 0 Å². The molecular formula is C85H79BN2. The number of hydrogen-bond acceptors (Lipinski definition) is 0. The average molecular weight is 1140 g/mol. The van der Waals surface area contributed by atoms with Crippen LogP contribution >= 0.6 is 0 Å². The van der Waals surface area contributed by atoms with Crippen LogP contribution in [0.1, 0.15) is 177 Å². The molecule has 0 fully saturated rings. The molecule has 17 rings (SSSR count). The van der Waals surface area contributed by atoms with Gasteiger partial charge in [-0.15, -0.1) is 0 Å². The highest BCUT2D eigenvalue weighted by atomic mass is 15.1. The Bertz CT molecular complexity index is 4960. The lowest BCUT2D eigenvalue weighted by molar-refractivity contribution is 0.334. The summed E-state index contributed by atoms with van der Waals surface area (Å²) in [6.45, 7) is 34.1. The summed E-state index contributed by atoms with van der Waals surface area (Å²) < 4.78 is 5.66. The van der Waals surface area contributed by atoms with E-state index in [0.717, 1.165) is 12.8 Å². The lowest BCUT2D eigenvalue weighted by Gasteiger charge is -2.47. The van der Waals surface area contributed by atoms with Crippen molar-refractivity contribution in [1.29, 1.82) is 0 Å². The van der Waals surface area contributed by atoms with Gasteiger partial charge in [0.25, 0.3) is 6.71 Å². The molecule has 432 valence electrons. The number of aromatic nitrogens is 2. The molecule has 0 N–H and O–H groups in total. The van der Waals surface area contributed by atoms with E-state index < -0.39 is 5.41 Å². The molecule has 2 aliphatic carbocycles. The van der Waals surface area contributed by atoms with Crippen molar-refractivity contribution >= 4 is 55.8 Å². The average Bonchev–Trinajstić information content (AvgIpc) is 1.40. The second-order valence-electron chi connectivity index (χ2n) is 31.5. The molecule has 0 saturated carbocycles. The lowest BCUT2D eigenvalue weighted by atomic mass is 9.31. The van der Waals surface area contributed by atoms with Crippen molar-refractivity contribution in [3.05, 3.63) is 267 Å². The molecule has 0 amide bonds. The first-order valence-corrected chi connectivity index (χ1v) is 32.6. The van der Waals surface area contributed by atoms with E-state index >= 15 is 0 Å². The number of rotatable bonds is 6. The third-order valence-corrected chi connectivity index (χ3v) is 22.9. The smallest absolute Gasteiger partial charge is 0.252 e. The molecule has 0 bridgehead atoms. The van der Waals surface area contributed by atoms with E-state index in [0.29, 0.717) is 0 Å². The number of fused-ring (bicyclic) bond motifs is 13. The standard InChI is InChI=1S/C85H79BN2/c1-79(2,3)52-37-33-50(34-38-52)70-62-49-66-71(82(9,10)44-43-81(66,7)8)73-77(62)87(74(70)51-35-39-53(40-36-51)80(4,5)6)69-42-41-65-78-72(69)86(73)68-48-57(84(13,14)55-27-19-16-20-28-55)46-61-60-45-56(83(11,12)54-25-17-15-18-26-54)47-67(75(60)88(78)76(61)68)85(65)63-31-23-21-29-58(63)59-30-22-24-32-64(59)85/h15-42,45-49H,43-44H2,1-14H3. The fourth-order valence-electron chi connectivity index (χ4n) is 17.8. The first-order chi connectivity index (χ1) is 41.9. The normalized spacial score (nSPS) is 16.2. The molecule has 3 heteroatoms. The molecule has 0 saturated heterocycles. The van der Waals surface area contributed by atoms with Gasteiger partial charge in [0.1, 0.15) is 0 Å². The first-order valence-electron chi connectivity index (χ1n) is 32.6. The molecule has 5 heterocycles. The Morgan fingerprint density at radius 3 is 1.45 bits per heavy atom. The summed E-state index contributed by atoms with van der Waals surface area (Å²) >= 11 is 0. The fourth-order valence-corrected chi connectivity index (χ4v) is 17.8.